The van der Waals surface area contributed by atoms with Gasteiger partial charge in [0.25, 0.3) is 0 Å². The topological polar surface area (TPSA) is 62.2 Å². The van der Waals surface area contributed by atoms with Crippen molar-refractivity contribution in [2.45, 2.75) is 52.5 Å². The fourth-order valence-corrected chi connectivity index (χ4v) is 5.03. The Balaban J connectivity index is 1.38. The number of phenolic OH excluding ortho intramolecular Hbond substituents is 1. The second kappa shape index (κ2) is 10.5. The van der Waals surface area contributed by atoms with Crippen molar-refractivity contribution in [3.8, 4) is 11.5 Å². The summed E-state index contributed by atoms with van der Waals surface area (Å²) in [7, 11) is 0. The molecule has 186 valence electrons. The van der Waals surface area contributed by atoms with Crippen molar-refractivity contribution >= 4 is 5.91 Å². The highest BCUT2D eigenvalue weighted by Gasteiger charge is 2.39. The maximum atomic E-state index is 13.3. The van der Waals surface area contributed by atoms with Crippen LogP contribution in [0.4, 0.5) is 0 Å². The summed E-state index contributed by atoms with van der Waals surface area (Å²) >= 11 is 0. The first-order valence-corrected chi connectivity index (χ1v) is 12.7. The van der Waals surface area contributed by atoms with Crippen molar-refractivity contribution in [1.29, 1.82) is 0 Å². The SMILES string of the molecule is CC(C)COc1cc(CCC(C)(C)N2CC3=C(C2)C(C(=O)N2CCOCC2)CC=C3)ccc1O. The quantitative estimate of drug-likeness (QED) is 0.620. The molecule has 0 bridgehead atoms. The van der Waals surface area contributed by atoms with E-state index in [1.54, 1.807) is 6.07 Å². The number of amides is 1. The first-order valence-electron chi connectivity index (χ1n) is 12.7. The second-order valence-corrected chi connectivity index (χ2v) is 10.9. The summed E-state index contributed by atoms with van der Waals surface area (Å²) in [5.41, 5.74) is 3.78. The number of benzene rings is 1. The summed E-state index contributed by atoms with van der Waals surface area (Å²) in [5.74, 6) is 1.40. The molecule has 6 heteroatoms. The smallest absolute Gasteiger partial charge is 0.230 e. The second-order valence-electron chi connectivity index (χ2n) is 10.9. The van der Waals surface area contributed by atoms with Crippen molar-refractivity contribution in [1.82, 2.24) is 9.80 Å². The minimum atomic E-state index is -0.0309. The highest BCUT2D eigenvalue weighted by Crippen LogP contribution is 2.37. The third-order valence-electron chi connectivity index (χ3n) is 7.35. The zero-order valence-electron chi connectivity index (χ0n) is 21.2. The first-order chi connectivity index (χ1) is 16.2. The van der Waals surface area contributed by atoms with Crippen LogP contribution in [0.1, 0.15) is 46.1 Å². The van der Waals surface area contributed by atoms with Crippen molar-refractivity contribution in [2.75, 3.05) is 46.0 Å². The third-order valence-corrected chi connectivity index (χ3v) is 7.35. The summed E-state index contributed by atoms with van der Waals surface area (Å²) < 4.78 is 11.2. The Morgan fingerprint density at radius 2 is 2.00 bits per heavy atom. The van der Waals surface area contributed by atoms with Crippen molar-refractivity contribution in [2.24, 2.45) is 11.8 Å². The zero-order valence-corrected chi connectivity index (χ0v) is 21.2. The Morgan fingerprint density at radius 1 is 1.24 bits per heavy atom. The summed E-state index contributed by atoms with van der Waals surface area (Å²) in [4.78, 5) is 17.8. The lowest BCUT2D eigenvalue weighted by molar-refractivity contribution is -0.138. The highest BCUT2D eigenvalue weighted by atomic mass is 16.5. The Hall–Kier alpha value is -2.31. The van der Waals surface area contributed by atoms with E-state index in [-0.39, 0.29) is 23.1 Å². The normalized spacial score (nSPS) is 21.3. The van der Waals surface area contributed by atoms with E-state index in [0.29, 0.717) is 44.6 Å². The van der Waals surface area contributed by atoms with Crippen molar-refractivity contribution in [3.63, 3.8) is 0 Å². The molecule has 1 atom stereocenters. The van der Waals surface area contributed by atoms with Gasteiger partial charge in [0, 0.05) is 31.7 Å². The molecule has 2 aliphatic heterocycles. The number of morpholine rings is 1. The van der Waals surface area contributed by atoms with Crippen LogP contribution in [0.25, 0.3) is 0 Å². The van der Waals surface area contributed by atoms with Crippen LogP contribution < -0.4 is 4.74 Å². The molecule has 1 saturated heterocycles. The predicted octanol–water partition coefficient (Wildman–Crippen LogP) is 4.19. The van der Waals surface area contributed by atoms with E-state index in [1.807, 2.05) is 17.0 Å². The van der Waals surface area contributed by atoms with Gasteiger partial charge in [0.15, 0.2) is 11.5 Å². The lowest BCUT2D eigenvalue weighted by Crippen LogP contribution is -2.46. The molecule has 6 nitrogen and oxygen atoms in total. The van der Waals surface area contributed by atoms with E-state index in [1.165, 1.54) is 16.7 Å². The fraction of sp³-hybridized carbons (Fsp3) is 0.607. The number of phenols is 1. The standard InChI is InChI=1S/C28H40N2O4/c1-20(2)19-34-26-16-21(8-9-25(26)31)10-11-28(3,4)30-17-22-6-5-7-23(24(22)18-30)27(32)29-12-14-33-15-13-29/h5-6,8-9,16,20,23,31H,7,10-15,17-19H2,1-4H3. The largest absolute Gasteiger partial charge is 0.504 e. The van der Waals surface area contributed by atoms with E-state index in [2.05, 4.69) is 44.7 Å². The molecular weight excluding hydrogens is 428 g/mol. The van der Waals surface area contributed by atoms with E-state index >= 15 is 0 Å². The molecule has 2 heterocycles. The van der Waals surface area contributed by atoms with E-state index < -0.39 is 0 Å². The summed E-state index contributed by atoms with van der Waals surface area (Å²) in [6.45, 7) is 13.8. The van der Waals surface area contributed by atoms with E-state index in [0.717, 1.165) is 32.4 Å². The van der Waals surface area contributed by atoms with Gasteiger partial charge in [-0.05, 0) is 67.9 Å². The number of allylic oxidation sites excluding steroid dienone is 1. The van der Waals surface area contributed by atoms with Crippen LogP contribution in [-0.2, 0) is 16.0 Å². The van der Waals surface area contributed by atoms with Crippen molar-refractivity contribution < 1.29 is 19.4 Å². The van der Waals surface area contributed by atoms with Crippen molar-refractivity contribution in [3.05, 3.63) is 47.1 Å². The number of ether oxygens (including phenoxy) is 2. The van der Waals surface area contributed by atoms with Gasteiger partial charge in [-0.2, -0.15) is 0 Å². The molecule has 1 N–H and O–H groups in total. The van der Waals surface area contributed by atoms with Gasteiger partial charge in [0.1, 0.15) is 0 Å². The van der Waals surface area contributed by atoms with Gasteiger partial charge >= 0.3 is 0 Å². The molecule has 0 aromatic heterocycles. The maximum absolute atomic E-state index is 13.3. The minimum absolute atomic E-state index is 0.0193. The first kappa shape index (κ1) is 24.8. The van der Waals surface area contributed by atoms with Crippen LogP contribution in [0, 0.1) is 11.8 Å². The number of hydrogen-bond acceptors (Lipinski definition) is 5. The Morgan fingerprint density at radius 3 is 2.74 bits per heavy atom. The van der Waals surface area contributed by atoms with Crippen LogP contribution in [0.2, 0.25) is 0 Å². The minimum Gasteiger partial charge on any atom is -0.504 e. The van der Waals surface area contributed by atoms with Gasteiger partial charge in [-0.15, -0.1) is 0 Å². The third kappa shape index (κ3) is 5.66. The summed E-state index contributed by atoms with van der Waals surface area (Å²) in [6.07, 6.45) is 7.09. The zero-order chi connectivity index (χ0) is 24.3. The lowest BCUT2D eigenvalue weighted by Gasteiger charge is -2.37. The molecule has 0 saturated carbocycles. The monoisotopic (exact) mass is 468 g/mol. The molecule has 34 heavy (non-hydrogen) atoms. The van der Waals surface area contributed by atoms with Gasteiger partial charge < -0.3 is 19.5 Å². The molecular formula is C28H40N2O4. The molecule has 3 aliphatic rings. The van der Waals surface area contributed by atoms with Crippen LogP contribution in [0.3, 0.4) is 0 Å². The Labute approximate surface area is 204 Å². The Kier molecular flexibility index (Phi) is 7.68. The number of nitrogens with zero attached hydrogens (tertiary/aromatic N) is 2. The van der Waals surface area contributed by atoms with Crippen LogP contribution in [0.15, 0.2) is 41.5 Å². The molecule has 4 rings (SSSR count). The van der Waals surface area contributed by atoms with Crippen LogP contribution in [-0.4, -0.2) is 72.4 Å². The highest BCUT2D eigenvalue weighted by molar-refractivity contribution is 5.83. The van der Waals surface area contributed by atoms with Crippen LogP contribution >= 0.6 is 0 Å². The molecule has 1 aromatic carbocycles. The molecule has 0 spiro atoms. The molecule has 1 aromatic rings. The number of rotatable bonds is 8. The Bertz CT molecular complexity index is 944. The average Bonchev–Trinajstić information content (AvgIpc) is 3.28. The molecule has 1 amide bonds. The summed E-state index contributed by atoms with van der Waals surface area (Å²) in [6, 6.07) is 5.70. The lowest BCUT2D eigenvalue weighted by atomic mass is 9.87. The maximum Gasteiger partial charge on any atom is 0.230 e. The van der Waals surface area contributed by atoms with Crippen LogP contribution in [0.5, 0.6) is 11.5 Å². The van der Waals surface area contributed by atoms with Gasteiger partial charge in [-0.25, -0.2) is 0 Å². The van der Waals surface area contributed by atoms with Gasteiger partial charge in [-0.1, -0.05) is 32.1 Å². The fourth-order valence-electron chi connectivity index (χ4n) is 5.03. The molecule has 1 unspecified atom stereocenters. The number of carbonyl (C=O) groups is 1. The molecule has 1 aliphatic carbocycles. The number of carbonyl (C=O) groups excluding carboxylic acids is 1. The van der Waals surface area contributed by atoms with Gasteiger partial charge in [-0.3, -0.25) is 9.69 Å². The molecule has 1 fully saturated rings. The number of aryl methyl sites for hydroxylation is 1. The van der Waals surface area contributed by atoms with E-state index in [4.69, 9.17) is 9.47 Å². The molecule has 0 radical (unpaired) electrons. The summed E-state index contributed by atoms with van der Waals surface area (Å²) in [5, 5.41) is 10.1. The number of aromatic hydroxyl groups is 1. The van der Waals surface area contributed by atoms with Gasteiger partial charge in [0.2, 0.25) is 5.91 Å². The average molecular weight is 469 g/mol. The van der Waals surface area contributed by atoms with E-state index in [9.17, 15) is 9.90 Å². The predicted molar refractivity (Wildman–Crippen MR) is 134 cm³/mol. The number of hydrogen-bond donors (Lipinski definition) is 1. The van der Waals surface area contributed by atoms with Gasteiger partial charge in [0.05, 0.1) is 25.7 Å².